The van der Waals surface area contributed by atoms with Gasteiger partial charge in [-0.3, -0.25) is 4.79 Å². The molecule has 0 aromatic heterocycles. The summed E-state index contributed by atoms with van der Waals surface area (Å²) in [6.07, 6.45) is 0.953. The van der Waals surface area contributed by atoms with Crippen LogP contribution in [0, 0.1) is 20.8 Å². The molecule has 0 radical (unpaired) electrons. The van der Waals surface area contributed by atoms with Crippen molar-refractivity contribution >= 4 is 5.78 Å². The average Bonchev–Trinajstić information content (AvgIpc) is 2.44. The second kappa shape index (κ2) is 6.57. The number of aryl methyl sites for hydroxylation is 3. The summed E-state index contributed by atoms with van der Waals surface area (Å²) in [6.45, 7) is 8.76. The quantitative estimate of drug-likeness (QED) is 0.747. The van der Waals surface area contributed by atoms with Crippen LogP contribution in [0.5, 0.6) is 5.75 Å². The minimum Gasteiger partial charge on any atom is -0.494 e. The molecule has 0 amide bonds. The van der Waals surface area contributed by atoms with E-state index in [0.717, 1.165) is 28.9 Å². The van der Waals surface area contributed by atoms with Crippen LogP contribution in [0.3, 0.4) is 0 Å². The molecule has 2 nitrogen and oxygen atoms in total. The van der Waals surface area contributed by atoms with Gasteiger partial charge in [0.05, 0.1) is 6.61 Å². The van der Waals surface area contributed by atoms with E-state index in [1.807, 2.05) is 45.0 Å². The van der Waals surface area contributed by atoms with E-state index in [9.17, 15) is 4.79 Å². The number of carbonyl (C=O) groups excluding carboxylic acids is 1. The molecule has 21 heavy (non-hydrogen) atoms. The fraction of sp³-hybridized carbons (Fsp3) is 0.316. The lowest BCUT2D eigenvalue weighted by Crippen LogP contribution is -2.07. The molecule has 0 unspecified atom stereocenters. The van der Waals surface area contributed by atoms with Gasteiger partial charge in [0.1, 0.15) is 5.75 Å². The van der Waals surface area contributed by atoms with Crippen LogP contribution in [0.15, 0.2) is 36.4 Å². The molecule has 0 bridgehead atoms. The second-order valence-corrected chi connectivity index (χ2v) is 5.48. The predicted molar refractivity (Wildman–Crippen MR) is 86.3 cm³/mol. The SMILES string of the molecule is CCCOc1cccc(C(=O)c2c(C)cc(C)cc2C)c1. The van der Waals surface area contributed by atoms with Crippen molar-refractivity contribution in [3.05, 3.63) is 64.2 Å². The zero-order chi connectivity index (χ0) is 15.4. The minimum atomic E-state index is 0.0620. The Hall–Kier alpha value is -2.09. The fourth-order valence-electron chi connectivity index (χ4n) is 2.63. The summed E-state index contributed by atoms with van der Waals surface area (Å²) in [5.74, 6) is 0.817. The first kappa shape index (κ1) is 15.3. The van der Waals surface area contributed by atoms with Crippen LogP contribution in [0.1, 0.15) is 46.0 Å². The number of ether oxygens (including phenoxy) is 1. The maximum absolute atomic E-state index is 12.8. The van der Waals surface area contributed by atoms with Gasteiger partial charge in [0.15, 0.2) is 5.78 Å². The molecule has 0 aliphatic rings. The third-order valence-corrected chi connectivity index (χ3v) is 3.47. The van der Waals surface area contributed by atoms with Crippen molar-refractivity contribution in [1.82, 2.24) is 0 Å². The average molecular weight is 282 g/mol. The van der Waals surface area contributed by atoms with Crippen molar-refractivity contribution in [2.75, 3.05) is 6.61 Å². The highest BCUT2D eigenvalue weighted by molar-refractivity contribution is 6.11. The topological polar surface area (TPSA) is 26.3 Å². The highest BCUT2D eigenvalue weighted by Gasteiger charge is 2.15. The lowest BCUT2D eigenvalue weighted by Gasteiger charge is -2.11. The monoisotopic (exact) mass is 282 g/mol. The summed E-state index contributed by atoms with van der Waals surface area (Å²) < 4.78 is 5.61. The van der Waals surface area contributed by atoms with Crippen LogP contribution >= 0.6 is 0 Å². The first-order valence-electron chi connectivity index (χ1n) is 7.38. The molecule has 0 spiro atoms. The Morgan fingerprint density at radius 2 is 1.71 bits per heavy atom. The van der Waals surface area contributed by atoms with Gasteiger partial charge in [0.2, 0.25) is 0 Å². The number of rotatable bonds is 5. The van der Waals surface area contributed by atoms with Gasteiger partial charge >= 0.3 is 0 Å². The lowest BCUT2D eigenvalue weighted by atomic mass is 9.93. The van der Waals surface area contributed by atoms with Gasteiger partial charge in [-0.05, 0) is 50.5 Å². The highest BCUT2D eigenvalue weighted by Crippen LogP contribution is 2.22. The molecule has 2 heteroatoms. The van der Waals surface area contributed by atoms with Crippen LogP contribution in [0.25, 0.3) is 0 Å². The number of hydrogen-bond donors (Lipinski definition) is 0. The van der Waals surface area contributed by atoms with Crippen LogP contribution in [-0.4, -0.2) is 12.4 Å². The summed E-state index contributed by atoms with van der Waals surface area (Å²) >= 11 is 0. The van der Waals surface area contributed by atoms with Crippen molar-refractivity contribution in [3.63, 3.8) is 0 Å². The van der Waals surface area contributed by atoms with Crippen LogP contribution in [0.4, 0.5) is 0 Å². The van der Waals surface area contributed by atoms with Gasteiger partial charge in [-0.25, -0.2) is 0 Å². The standard InChI is InChI=1S/C19H22O2/c1-5-9-21-17-8-6-7-16(12-17)19(20)18-14(3)10-13(2)11-15(18)4/h6-8,10-12H,5,9H2,1-4H3. The fourth-order valence-corrected chi connectivity index (χ4v) is 2.63. The number of ketones is 1. The number of benzene rings is 2. The number of hydrogen-bond acceptors (Lipinski definition) is 2. The third-order valence-electron chi connectivity index (χ3n) is 3.47. The highest BCUT2D eigenvalue weighted by atomic mass is 16.5. The lowest BCUT2D eigenvalue weighted by molar-refractivity contribution is 0.103. The molecule has 0 heterocycles. The van der Waals surface area contributed by atoms with Gasteiger partial charge in [0, 0.05) is 11.1 Å². The molecule has 0 N–H and O–H groups in total. The van der Waals surface area contributed by atoms with E-state index in [1.54, 1.807) is 0 Å². The van der Waals surface area contributed by atoms with Gasteiger partial charge in [-0.15, -0.1) is 0 Å². The van der Waals surface area contributed by atoms with Crippen LogP contribution < -0.4 is 4.74 Å². The molecule has 0 atom stereocenters. The van der Waals surface area contributed by atoms with E-state index in [0.29, 0.717) is 12.2 Å². The van der Waals surface area contributed by atoms with Crippen molar-refractivity contribution < 1.29 is 9.53 Å². The summed E-state index contributed by atoms with van der Waals surface area (Å²) in [7, 11) is 0. The van der Waals surface area contributed by atoms with E-state index < -0.39 is 0 Å². The smallest absolute Gasteiger partial charge is 0.193 e. The largest absolute Gasteiger partial charge is 0.494 e. The van der Waals surface area contributed by atoms with Crippen LogP contribution in [0.2, 0.25) is 0 Å². The first-order chi connectivity index (χ1) is 10.0. The molecular weight excluding hydrogens is 260 g/mol. The van der Waals surface area contributed by atoms with Gasteiger partial charge in [0.25, 0.3) is 0 Å². The Labute approximate surface area is 126 Å². The minimum absolute atomic E-state index is 0.0620. The summed E-state index contributed by atoms with van der Waals surface area (Å²) in [6, 6.07) is 11.5. The maximum Gasteiger partial charge on any atom is 0.193 e. The Morgan fingerprint density at radius 1 is 1.05 bits per heavy atom. The van der Waals surface area contributed by atoms with E-state index in [2.05, 4.69) is 19.1 Å². The second-order valence-electron chi connectivity index (χ2n) is 5.48. The zero-order valence-electron chi connectivity index (χ0n) is 13.2. The van der Waals surface area contributed by atoms with Crippen LogP contribution in [-0.2, 0) is 0 Å². The summed E-state index contributed by atoms with van der Waals surface area (Å²) in [4.78, 5) is 12.8. The third kappa shape index (κ3) is 3.52. The zero-order valence-corrected chi connectivity index (χ0v) is 13.2. The van der Waals surface area contributed by atoms with Gasteiger partial charge in [-0.2, -0.15) is 0 Å². The van der Waals surface area contributed by atoms with Crippen molar-refractivity contribution in [2.24, 2.45) is 0 Å². The Kier molecular flexibility index (Phi) is 4.79. The van der Waals surface area contributed by atoms with Gasteiger partial charge < -0.3 is 4.74 Å². The normalized spacial score (nSPS) is 10.5. The molecule has 0 aliphatic carbocycles. The van der Waals surface area contributed by atoms with Crippen molar-refractivity contribution in [3.8, 4) is 5.75 Å². The molecule has 2 rings (SSSR count). The van der Waals surface area contributed by atoms with Gasteiger partial charge in [-0.1, -0.05) is 36.8 Å². The van der Waals surface area contributed by atoms with E-state index in [4.69, 9.17) is 4.74 Å². The molecule has 2 aromatic rings. The molecule has 0 saturated heterocycles. The Balaban J connectivity index is 2.36. The van der Waals surface area contributed by atoms with Crippen molar-refractivity contribution in [1.29, 1.82) is 0 Å². The summed E-state index contributed by atoms with van der Waals surface area (Å²) in [5, 5.41) is 0. The Morgan fingerprint density at radius 3 is 2.33 bits per heavy atom. The van der Waals surface area contributed by atoms with Crippen molar-refractivity contribution in [2.45, 2.75) is 34.1 Å². The van der Waals surface area contributed by atoms with E-state index >= 15 is 0 Å². The van der Waals surface area contributed by atoms with E-state index in [-0.39, 0.29) is 5.78 Å². The predicted octanol–water partition coefficient (Wildman–Crippen LogP) is 4.63. The maximum atomic E-state index is 12.8. The number of carbonyl (C=O) groups is 1. The molecule has 0 aliphatic heterocycles. The Bertz CT molecular complexity index is 633. The summed E-state index contributed by atoms with van der Waals surface area (Å²) in [5.41, 5.74) is 4.71. The molecular formula is C19H22O2. The molecule has 0 saturated carbocycles. The van der Waals surface area contributed by atoms with E-state index in [1.165, 1.54) is 5.56 Å². The molecule has 2 aromatic carbocycles. The molecule has 0 fully saturated rings. The molecule has 110 valence electrons. The first-order valence-corrected chi connectivity index (χ1v) is 7.38.